The van der Waals surface area contributed by atoms with Gasteiger partial charge in [-0.15, -0.1) is 0 Å². The molecule has 2 aliphatic carbocycles. The molecule has 2 N–H and O–H groups in total. The highest BCUT2D eigenvalue weighted by Gasteiger charge is 2.37. The van der Waals surface area contributed by atoms with Crippen molar-refractivity contribution >= 4 is 22.6 Å². The topological polar surface area (TPSA) is 94.9 Å². The van der Waals surface area contributed by atoms with Gasteiger partial charge >= 0.3 is 0 Å². The van der Waals surface area contributed by atoms with Gasteiger partial charge in [-0.2, -0.15) is 5.26 Å². The van der Waals surface area contributed by atoms with E-state index in [0.29, 0.717) is 5.56 Å². The molecule has 4 rings (SSSR count). The Hall–Kier alpha value is -2.94. The van der Waals surface area contributed by atoms with Crippen molar-refractivity contribution in [1.82, 2.24) is 15.6 Å². The minimum Gasteiger partial charge on any atom is -0.349 e. The monoisotopic (exact) mass is 376 g/mol. The van der Waals surface area contributed by atoms with Gasteiger partial charge in [-0.3, -0.25) is 14.6 Å². The summed E-state index contributed by atoms with van der Waals surface area (Å²) in [6.07, 6.45) is 8.93. The molecular weight excluding hydrogens is 352 g/mol. The number of amides is 2. The summed E-state index contributed by atoms with van der Waals surface area (Å²) in [4.78, 5) is 29.7. The van der Waals surface area contributed by atoms with E-state index in [1.54, 1.807) is 18.5 Å². The average molecular weight is 376 g/mol. The van der Waals surface area contributed by atoms with Crippen LogP contribution in [-0.4, -0.2) is 28.9 Å². The van der Waals surface area contributed by atoms with Crippen LogP contribution in [0.25, 0.3) is 10.8 Å². The summed E-state index contributed by atoms with van der Waals surface area (Å²) < 4.78 is 0. The van der Waals surface area contributed by atoms with Crippen LogP contribution >= 0.6 is 0 Å². The first-order valence-electron chi connectivity index (χ1n) is 10.0. The molecule has 1 heterocycles. The first kappa shape index (κ1) is 18.4. The predicted molar refractivity (Wildman–Crippen MR) is 105 cm³/mol. The molecule has 0 spiro atoms. The van der Waals surface area contributed by atoms with Crippen LogP contribution in [0.4, 0.5) is 0 Å². The molecule has 6 heteroatoms. The minimum absolute atomic E-state index is 0.105. The Morgan fingerprint density at radius 2 is 1.93 bits per heavy atom. The van der Waals surface area contributed by atoms with E-state index < -0.39 is 6.04 Å². The lowest BCUT2D eigenvalue weighted by molar-refractivity contribution is -0.127. The third-order valence-corrected chi connectivity index (χ3v) is 5.85. The number of nitrogens with one attached hydrogen (secondary N) is 2. The summed E-state index contributed by atoms with van der Waals surface area (Å²) in [5.74, 6) is -0.271. The van der Waals surface area contributed by atoms with Crippen molar-refractivity contribution in [3.05, 3.63) is 42.2 Å². The fraction of sp³-hybridized carbons (Fsp3) is 0.455. The predicted octanol–water partition coefficient (Wildman–Crippen LogP) is 2.94. The highest BCUT2D eigenvalue weighted by Crippen LogP contribution is 2.33. The van der Waals surface area contributed by atoms with Crippen LogP contribution in [0.5, 0.6) is 0 Å². The quantitative estimate of drug-likeness (QED) is 0.839. The number of carbonyl (C=O) groups excluding carboxylic acids is 2. The molecule has 0 radical (unpaired) electrons. The van der Waals surface area contributed by atoms with Gasteiger partial charge in [0.2, 0.25) is 5.91 Å². The largest absolute Gasteiger partial charge is 0.349 e. The van der Waals surface area contributed by atoms with E-state index in [9.17, 15) is 14.9 Å². The molecule has 1 aromatic heterocycles. The number of hydrogen-bond donors (Lipinski definition) is 2. The van der Waals surface area contributed by atoms with Crippen molar-refractivity contribution in [2.45, 2.75) is 50.6 Å². The van der Waals surface area contributed by atoms with Gasteiger partial charge in [0, 0.05) is 29.4 Å². The van der Waals surface area contributed by atoms with E-state index in [1.165, 1.54) is 0 Å². The lowest BCUT2D eigenvalue weighted by Crippen LogP contribution is -2.50. The van der Waals surface area contributed by atoms with E-state index in [0.717, 1.165) is 49.3 Å². The molecule has 2 fully saturated rings. The molecule has 6 nitrogen and oxygen atoms in total. The molecule has 0 bridgehead atoms. The lowest BCUT2D eigenvalue weighted by Gasteiger charge is -2.32. The number of fused-ring (bicyclic) bond motifs is 1. The zero-order valence-corrected chi connectivity index (χ0v) is 15.7. The Morgan fingerprint density at radius 3 is 2.71 bits per heavy atom. The smallest absolute Gasteiger partial charge is 0.251 e. The number of aromatic nitrogens is 1. The maximum Gasteiger partial charge on any atom is 0.251 e. The van der Waals surface area contributed by atoms with E-state index in [4.69, 9.17) is 0 Å². The van der Waals surface area contributed by atoms with Gasteiger partial charge in [0.1, 0.15) is 6.04 Å². The Labute approximate surface area is 164 Å². The van der Waals surface area contributed by atoms with E-state index in [1.807, 2.05) is 18.2 Å². The summed E-state index contributed by atoms with van der Waals surface area (Å²) in [5, 5.41) is 17.2. The molecule has 0 saturated heterocycles. The van der Waals surface area contributed by atoms with Gasteiger partial charge in [-0.05, 0) is 55.2 Å². The number of hydrogen-bond acceptors (Lipinski definition) is 4. The van der Waals surface area contributed by atoms with Gasteiger partial charge in [0.25, 0.3) is 5.91 Å². The second-order valence-electron chi connectivity index (χ2n) is 7.86. The molecule has 0 aliphatic heterocycles. The van der Waals surface area contributed by atoms with Crippen molar-refractivity contribution in [3.8, 4) is 6.07 Å². The van der Waals surface area contributed by atoms with Gasteiger partial charge in [-0.1, -0.05) is 18.9 Å². The molecule has 2 saturated carbocycles. The molecule has 3 atom stereocenters. The zero-order chi connectivity index (χ0) is 19.5. The van der Waals surface area contributed by atoms with Crippen LogP contribution in [0, 0.1) is 23.2 Å². The summed E-state index contributed by atoms with van der Waals surface area (Å²) in [6, 6.07) is 9.04. The summed E-state index contributed by atoms with van der Waals surface area (Å²) >= 11 is 0. The van der Waals surface area contributed by atoms with Gasteiger partial charge in [0.15, 0.2) is 0 Å². The molecule has 2 amide bonds. The molecule has 144 valence electrons. The van der Waals surface area contributed by atoms with Crippen LogP contribution in [0.2, 0.25) is 0 Å². The van der Waals surface area contributed by atoms with Crippen LogP contribution < -0.4 is 10.6 Å². The maximum absolute atomic E-state index is 12.8. The average Bonchev–Trinajstić information content (AvgIpc) is 3.57. The van der Waals surface area contributed by atoms with Gasteiger partial charge in [-0.25, -0.2) is 0 Å². The summed E-state index contributed by atoms with van der Waals surface area (Å²) in [5.41, 5.74) is 0.568. The zero-order valence-electron chi connectivity index (χ0n) is 15.7. The number of carbonyl (C=O) groups is 2. The van der Waals surface area contributed by atoms with Crippen LogP contribution in [0.3, 0.4) is 0 Å². The number of rotatable bonds is 5. The molecule has 2 aliphatic rings. The fourth-order valence-electron chi connectivity index (χ4n) is 4.04. The van der Waals surface area contributed by atoms with Gasteiger partial charge in [0.05, 0.1) is 12.0 Å². The first-order chi connectivity index (χ1) is 13.7. The molecule has 2 aromatic rings. The van der Waals surface area contributed by atoms with Gasteiger partial charge < -0.3 is 10.6 Å². The number of pyridine rings is 1. The molecule has 3 unspecified atom stereocenters. The maximum atomic E-state index is 12.8. The number of nitriles is 1. The normalized spacial score (nSPS) is 22.8. The van der Waals surface area contributed by atoms with Crippen molar-refractivity contribution in [3.63, 3.8) is 0 Å². The highest BCUT2D eigenvalue weighted by molar-refractivity contribution is 5.98. The van der Waals surface area contributed by atoms with Crippen LogP contribution in [-0.2, 0) is 4.79 Å². The molecule has 28 heavy (non-hydrogen) atoms. The second-order valence-corrected chi connectivity index (χ2v) is 7.86. The fourth-order valence-corrected chi connectivity index (χ4v) is 4.04. The SMILES string of the molecule is N#CC(NC(=O)C1CCCCC1NC(=O)c1ccc2ccncc2c1)C1CC1. The standard InChI is InChI=1S/C22H24N4O2/c23-12-20(15-6-7-15)26-22(28)18-3-1-2-4-19(18)25-21(27)16-8-5-14-9-10-24-13-17(14)11-16/h5,8-11,13,15,18-20H,1-4,6-7H2,(H,25,27)(H,26,28). The molecule has 1 aromatic carbocycles. The van der Waals surface area contributed by atoms with E-state index in [2.05, 4.69) is 21.7 Å². The van der Waals surface area contributed by atoms with Crippen LogP contribution in [0.1, 0.15) is 48.9 Å². The summed E-state index contributed by atoms with van der Waals surface area (Å²) in [6.45, 7) is 0. The lowest BCUT2D eigenvalue weighted by atomic mass is 9.83. The van der Waals surface area contributed by atoms with Crippen molar-refractivity contribution in [2.24, 2.45) is 11.8 Å². The Bertz CT molecular complexity index is 932. The number of nitrogens with zero attached hydrogens (tertiary/aromatic N) is 2. The highest BCUT2D eigenvalue weighted by atomic mass is 16.2. The molecular formula is C22H24N4O2. The van der Waals surface area contributed by atoms with Crippen LogP contribution in [0.15, 0.2) is 36.7 Å². The Morgan fingerprint density at radius 1 is 1.11 bits per heavy atom. The van der Waals surface area contributed by atoms with Crippen molar-refractivity contribution in [1.29, 1.82) is 5.26 Å². The van der Waals surface area contributed by atoms with Crippen molar-refractivity contribution < 1.29 is 9.59 Å². The third kappa shape index (κ3) is 3.99. The minimum atomic E-state index is -0.404. The summed E-state index contributed by atoms with van der Waals surface area (Å²) in [7, 11) is 0. The van der Waals surface area contributed by atoms with E-state index >= 15 is 0 Å². The number of benzene rings is 1. The van der Waals surface area contributed by atoms with E-state index in [-0.39, 0.29) is 29.7 Å². The Kier molecular flexibility index (Phi) is 5.25. The first-order valence-corrected chi connectivity index (χ1v) is 10.0. The van der Waals surface area contributed by atoms with Crippen molar-refractivity contribution in [2.75, 3.05) is 0 Å². The second kappa shape index (κ2) is 7.97. The third-order valence-electron chi connectivity index (χ3n) is 5.85. The Balaban J connectivity index is 1.45.